The minimum absolute atomic E-state index is 0.0105. The molecule has 3 unspecified atom stereocenters. The highest BCUT2D eigenvalue weighted by Crippen LogP contribution is 2.54. The number of nitrogens with zero attached hydrogens (tertiary/aromatic N) is 3. The largest absolute Gasteiger partial charge is 0.505 e. The molecule has 3 aliphatic heterocycles. The number of benzene rings is 3. The molecule has 1 saturated heterocycles. The van der Waals surface area contributed by atoms with E-state index in [1.165, 1.54) is 53.2 Å². The molecule has 1 amide bonds. The summed E-state index contributed by atoms with van der Waals surface area (Å²) in [7, 11) is 1.44. The number of aliphatic hydroxyl groups is 2. The Balaban J connectivity index is 1.48. The van der Waals surface area contributed by atoms with Crippen LogP contribution in [0.2, 0.25) is 0 Å². The van der Waals surface area contributed by atoms with Crippen LogP contribution in [-0.2, 0) is 23.8 Å². The number of methoxy groups -OCH3 is 1. The molecule has 18 heteroatoms. The van der Waals surface area contributed by atoms with Gasteiger partial charge in [-0.05, 0) is 33.8 Å². The quantitative estimate of drug-likeness (QED) is 0.0419. The van der Waals surface area contributed by atoms with Crippen LogP contribution < -0.4 is 25.7 Å². The van der Waals surface area contributed by atoms with Gasteiger partial charge < -0.3 is 59.3 Å². The van der Waals surface area contributed by atoms with Crippen molar-refractivity contribution in [2.45, 2.75) is 118 Å². The number of allylic oxidation sites excluding steroid dienone is 2. The van der Waals surface area contributed by atoms with E-state index in [4.69, 9.17) is 28.3 Å². The Labute approximate surface area is 387 Å². The number of aromatic hydroxyl groups is 2. The van der Waals surface area contributed by atoms with Crippen LogP contribution in [0, 0.1) is 35.5 Å². The number of carbonyl (C=O) groups excluding carboxylic acids is 2. The van der Waals surface area contributed by atoms with Gasteiger partial charge in [-0.2, -0.15) is 0 Å². The van der Waals surface area contributed by atoms with Crippen LogP contribution in [0.5, 0.6) is 17.2 Å². The molecule has 4 bridgehead atoms. The van der Waals surface area contributed by atoms with E-state index in [1.807, 2.05) is 0 Å². The molecule has 7 rings (SSSR count). The van der Waals surface area contributed by atoms with Crippen molar-refractivity contribution in [1.82, 2.24) is 10.3 Å². The number of ether oxygens (including phenoxy) is 4. The fourth-order valence-electron chi connectivity index (χ4n) is 9.90. The molecule has 67 heavy (non-hydrogen) atoms. The Hall–Kier alpha value is -6.08. The summed E-state index contributed by atoms with van der Waals surface area (Å²) in [5.74, 6) is -6.79. The van der Waals surface area contributed by atoms with E-state index >= 15 is 0 Å². The summed E-state index contributed by atoms with van der Waals surface area (Å²) in [4.78, 5) is 61.1. The SMILES string of the molecule is CO[C@H]1C=CO[C@@]2(C)Oc3c(C)c(=O)c4c(O)c(c5oc6cc(N7CC(C)NC(C)C7)cc(O)c6nc5c4c3C2N=O)NC(=O)C(C)=CC=C[C@H](C)[C@H](O)[C@@H](C)[C@@H](O)[C@@H](C)[C@H](OC(C)=O)[C@@H]1C. The van der Waals surface area contributed by atoms with E-state index in [0.29, 0.717) is 18.8 Å². The van der Waals surface area contributed by atoms with Gasteiger partial charge >= 0.3 is 5.97 Å². The van der Waals surface area contributed by atoms with Gasteiger partial charge in [-0.3, -0.25) is 14.4 Å². The summed E-state index contributed by atoms with van der Waals surface area (Å²) in [6, 6.07) is 2.00. The normalized spacial score (nSPS) is 30.9. The van der Waals surface area contributed by atoms with Gasteiger partial charge in [-0.1, -0.05) is 51.1 Å². The Morgan fingerprint density at radius 2 is 1.64 bits per heavy atom. The standard InChI is InChI=1S/C49H61N5O13/c1-21-13-12-14-22(2)48(61)52-39-43(60)35-34(38-46(39)66-33-18-30(17-31(56)37(33)51-38)54-19-23(3)50-24(4)20-54)36-45(28(8)42(35)59)67-49(10,47(36)53-62)64-16-15-32(63-11)25(5)44(65-29(9)55)27(7)41(58)26(6)40(21)57/h12-18,21,23-27,32,40-41,44,47,50,56-58,60H,19-20H2,1-11H3,(H,52,61)/t21-,23?,24?,25+,26+,27+,32-,40-,41+,44+,47?,49-/m0/s1. The van der Waals surface area contributed by atoms with Crippen LogP contribution in [0.1, 0.15) is 79.5 Å². The predicted octanol–water partition coefficient (Wildman–Crippen LogP) is 6.51. The number of hydrogen-bond donors (Lipinski definition) is 6. The second-order valence-corrected chi connectivity index (χ2v) is 18.7. The lowest BCUT2D eigenvalue weighted by atomic mass is 9.78. The molecular weight excluding hydrogens is 867 g/mol. The van der Waals surface area contributed by atoms with E-state index in [0.717, 1.165) is 0 Å². The fraction of sp³-hybridized carbons (Fsp3) is 0.510. The van der Waals surface area contributed by atoms with Crippen molar-refractivity contribution in [2.75, 3.05) is 30.4 Å². The summed E-state index contributed by atoms with van der Waals surface area (Å²) in [6.45, 7) is 17.9. The monoisotopic (exact) mass is 927 g/mol. The van der Waals surface area contributed by atoms with Crippen LogP contribution in [0.3, 0.4) is 0 Å². The third-order valence-corrected chi connectivity index (χ3v) is 13.6. The molecule has 0 aliphatic carbocycles. The average Bonchev–Trinajstić information content (AvgIpc) is 3.58. The number of nitrogens with one attached hydrogen (secondary N) is 2. The highest BCUT2D eigenvalue weighted by molar-refractivity contribution is 6.20. The van der Waals surface area contributed by atoms with Gasteiger partial charge in [-0.15, -0.1) is 4.91 Å². The zero-order valence-electron chi connectivity index (χ0n) is 39.6. The molecule has 0 radical (unpaired) electrons. The molecule has 0 saturated carbocycles. The fourth-order valence-corrected chi connectivity index (χ4v) is 9.90. The maximum Gasteiger partial charge on any atom is 0.302 e. The highest BCUT2D eigenvalue weighted by Gasteiger charge is 2.52. The summed E-state index contributed by atoms with van der Waals surface area (Å²) in [6.07, 6.45) is 3.54. The van der Waals surface area contributed by atoms with Crippen LogP contribution in [0.15, 0.2) is 62.7 Å². The van der Waals surface area contributed by atoms with E-state index in [9.17, 15) is 39.7 Å². The van der Waals surface area contributed by atoms with Crippen LogP contribution in [0.25, 0.3) is 33.0 Å². The van der Waals surface area contributed by atoms with E-state index in [-0.39, 0.29) is 78.9 Å². The highest BCUT2D eigenvalue weighted by atomic mass is 16.7. The number of fused-ring (bicyclic) bond motifs is 2. The average molecular weight is 928 g/mol. The Bertz CT molecular complexity index is 2760. The maximum atomic E-state index is 14.5. The maximum absolute atomic E-state index is 14.5. The van der Waals surface area contributed by atoms with Crippen LogP contribution in [-0.4, -0.2) is 99.8 Å². The second-order valence-electron chi connectivity index (χ2n) is 18.7. The molecule has 4 heterocycles. The molecule has 3 aliphatic rings. The number of rotatable bonds is 4. The zero-order chi connectivity index (χ0) is 49.0. The van der Waals surface area contributed by atoms with Gasteiger partial charge in [0.05, 0.1) is 30.0 Å². The molecule has 18 nitrogen and oxygen atoms in total. The number of amides is 1. The summed E-state index contributed by atoms with van der Waals surface area (Å²) in [5, 5.41) is 56.2. The Kier molecular flexibility index (Phi) is 13.8. The summed E-state index contributed by atoms with van der Waals surface area (Å²) >= 11 is 0. The number of aliphatic hydroxyl groups excluding tert-OH is 2. The first-order valence-electron chi connectivity index (χ1n) is 22.5. The van der Waals surface area contributed by atoms with Crippen molar-refractivity contribution in [1.29, 1.82) is 0 Å². The van der Waals surface area contributed by atoms with Crippen molar-refractivity contribution in [3.05, 3.63) is 74.5 Å². The molecule has 6 N–H and O–H groups in total. The smallest absolute Gasteiger partial charge is 0.302 e. The van der Waals surface area contributed by atoms with Gasteiger partial charge in [0.15, 0.2) is 28.4 Å². The van der Waals surface area contributed by atoms with Crippen LogP contribution >= 0.6 is 0 Å². The molecule has 1 aromatic heterocycles. The number of nitroso groups, excluding NO2 is 1. The molecule has 0 spiro atoms. The third kappa shape index (κ3) is 8.94. The van der Waals surface area contributed by atoms with Gasteiger partial charge in [0.2, 0.25) is 0 Å². The molecule has 3 aromatic carbocycles. The summed E-state index contributed by atoms with van der Waals surface area (Å²) in [5.41, 5.74) is -0.446. The summed E-state index contributed by atoms with van der Waals surface area (Å²) < 4.78 is 30.7. The second kappa shape index (κ2) is 18.9. The third-order valence-electron chi connectivity index (χ3n) is 13.6. The number of phenolic OH excluding ortho intramolecular Hbond substituents is 2. The van der Waals surface area contributed by atoms with Gasteiger partial charge in [-0.25, -0.2) is 4.98 Å². The van der Waals surface area contributed by atoms with Crippen molar-refractivity contribution in [3.63, 3.8) is 0 Å². The topological polar surface area (TPSA) is 252 Å². The van der Waals surface area contributed by atoms with Gasteiger partial charge in [0.25, 0.3) is 11.7 Å². The van der Waals surface area contributed by atoms with E-state index in [1.54, 1.807) is 52.0 Å². The minimum atomic E-state index is -1.92. The first-order valence-corrected chi connectivity index (χ1v) is 22.5. The number of piperazine rings is 1. The number of hydrogen-bond acceptors (Lipinski definition) is 17. The zero-order valence-corrected chi connectivity index (χ0v) is 39.6. The number of carbonyl (C=O) groups is 2. The molecule has 4 aromatic rings. The molecular formula is C49H61N5O13. The molecule has 360 valence electrons. The number of anilines is 2. The molecule has 12 atom stereocenters. The van der Waals surface area contributed by atoms with E-state index < -0.39 is 83.0 Å². The molecule has 1 fully saturated rings. The Morgan fingerprint density at radius 3 is 2.28 bits per heavy atom. The number of aromatic nitrogens is 1. The lowest BCUT2D eigenvalue weighted by molar-refractivity contribution is -0.160. The van der Waals surface area contributed by atoms with Crippen molar-refractivity contribution < 1.29 is 53.4 Å². The van der Waals surface area contributed by atoms with Gasteiger partial charge in [0.1, 0.15) is 34.3 Å². The minimum Gasteiger partial charge on any atom is -0.505 e. The van der Waals surface area contributed by atoms with Gasteiger partial charge in [0, 0.05) is 110 Å². The Morgan fingerprint density at radius 1 is 0.955 bits per heavy atom. The van der Waals surface area contributed by atoms with E-state index in [2.05, 4.69) is 34.6 Å². The number of phenols is 2. The first-order chi connectivity index (χ1) is 31.6. The predicted molar refractivity (Wildman–Crippen MR) is 252 cm³/mol. The van der Waals surface area contributed by atoms with Crippen molar-refractivity contribution >= 4 is 56.2 Å². The van der Waals surface area contributed by atoms with Crippen LogP contribution in [0.4, 0.5) is 11.4 Å². The van der Waals surface area contributed by atoms with Crippen molar-refractivity contribution in [2.24, 2.45) is 28.8 Å². The first kappa shape index (κ1) is 48.8. The lowest BCUT2D eigenvalue weighted by Gasteiger charge is -2.38. The number of esters is 1. The van der Waals surface area contributed by atoms with Crippen molar-refractivity contribution in [3.8, 4) is 17.2 Å². The lowest BCUT2D eigenvalue weighted by Crippen LogP contribution is -2.54.